The molecule has 0 spiro atoms. The topological polar surface area (TPSA) is 30.5 Å². The molecular formula is C5H11NO2. The van der Waals surface area contributed by atoms with Crippen molar-refractivity contribution < 1.29 is 9.47 Å². The molecule has 0 aromatic heterocycles. The second-order valence-electron chi connectivity index (χ2n) is 1.65. The van der Waals surface area contributed by atoms with Crippen molar-refractivity contribution in [3.05, 3.63) is 0 Å². The van der Waals surface area contributed by atoms with Crippen LogP contribution >= 0.6 is 0 Å². The van der Waals surface area contributed by atoms with Crippen LogP contribution in [0.2, 0.25) is 0 Å². The minimum Gasteiger partial charge on any atom is -0.352 e. The number of nitrogens with one attached hydrogen (secondary N) is 1. The summed E-state index contributed by atoms with van der Waals surface area (Å²) in [6.07, 6.45) is -0.000000000000000222. The van der Waals surface area contributed by atoms with E-state index >= 15 is 0 Å². The summed E-state index contributed by atoms with van der Waals surface area (Å²) < 4.78 is 10.2. The maximum atomic E-state index is 5.12. The fourth-order valence-corrected chi connectivity index (χ4v) is 0.681. The molecule has 3 nitrogen and oxygen atoms in total. The molecule has 0 aromatic rings. The Hall–Kier alpha value is -0.120. The van der Waals surface area contributed by atoms with Gasteiger partial charge in [-0.1, -0.05) is 0 Å². The van der Waals surface area contributed by atoms with Crippen LogP contribution < -0.4 is 5.32 Å². The maximum Gasteiger partial charge on any atom is 0.171 e. The van der Waals surface area contributed by atoms with E-state index < -0.39 is 0 Å². The van der Waals surface area contributed by atoms with Gasteiger partial charge in [-0.05, 0) is 6.92 Å². The van der Waals surface area contributed by atoms with E-state index in [-0.39, 0.29) is 6.29 Å². The molecule has 3 heteroatoms. The average molecular weight is 117 g/mol. The maximum absolute atomic E-state index is 5.12. The molecule has 1 N–H and O–H groups in total. The van der Waals surface area contributed by atoms with Crippen molar-refractivity contribution in [2.75, 3.05) is 19.9 Å². The van der Waals surface area contributed by atoms with Crippen LogP contribution in [0.1, 0.15) is 6.92 Å². The van der Waals surface area contributed by atoms with Crippen LogP contribution in [0.15, 0.2) is 0 Å². The van der Waals surface area contributed by atoms with Gasteiger partial charge in [-0.2, -0.15) is 0 Å². The number of ether oxygens (including phenoxy) is 2. The van der Waals surface area contributed by atoms with Crippen molar-refractivity contribution >= 4 is 0 Å². The van der Waals surface area contributed by atoms with Gasteiger partial charge in [0.15, 0.2) is 6.29 Å². The van der Waals surface area contributed by atoms with E-state index in [1.807, 2.05) is 6.92 Å². The zero-order valence-corrected chi connectivity index (χ0v) is 5.02. The van der Waals surface area contributed by atoms with Gasteiger partial charge < -0.3 is 9.47 Å². The lowest BCUT2D eigenvalue weighted by Gasteiger charge is -2.05. The quantitative estimate of drug-likeness (QED) is 0.549. The molecule has 1 aliphatic rings. The summed E-state index contributed by atoms with van der Waals surface area (Å²) in [5, 5.41) is 3.01. The SMILES string of the molecule is CCOC1CNCO1. The molecule has 48 valence electrons. The van der Waals surface area contributed by atoms with Crippen molar-refractivity contribution in [1.82, 2.24) is 5.32 Å². The summed E-state index contributed by atoms with van der Waals surface area (Å²) in [5.74, 6) is 0. The molecule has 0 saturated carbocycles. The van der Waals surface area contributed by atoms with Crippen LogP contribution in [0.3, 0.4) is 0 Å². The Morgan fingerprint density at radius 2 is 2.75 bits per heavy atom. The van der Waals surface area contributed by atoms with Crippen LogP contribution in [-0.2, 0) is 9.47 Å². The molecule has 0 aromatic carbocycles. The smallest absolute Gasteiger partial charge is 0.171 e. The standard InChI is InChI=1S/C5H11NO2/c1-2-7-5-3-6-4-8-5/h5-6H,2-4H2,1H3. The molecule has 8 heavy (non-hydrogen) atoms. The Balaban J connectivity index is 2.06. The second kappa shape index (κ2) is 3.02. The highest BCUT2D eigenvalue weighted by molar-refractivity contribution is 4.53. The zero-order chi connectivity index (χ0) is 5.82. The Morgan fingerprint density at radius 3 is 3.25 bits per heavy atom. The second-order valence-corrected chi connectivity index (χ2v) is 1.65. The molecule has 1 atom stereocenters. The first-order valence-electron chi connectivity index (χ1n) is 2.87. The predicted molar refractivity (Wildman–Crippen MR) is 29.4 cm³/mol. The first kappa shape index (κ1) is 6.01. The molecule has 1 fully saturated rings. The Labute approximate surface area is 49.0 Å². The molecule has 1 heterocycles. The van der Waals surface area contributed by atoms with E-state index in [1.165, 1.54) is 0 Å². The van der Waals surface area contributed by atoms with Crippen LogP contribution in [0.4, 0.5) is 0 Å². The summed E-state index contributed by atoms with van der Waals surface area (Å²) in [7, 11) is 0. The Morgan fingerprint density at radius 1 is 1.88 bits per heavy atom. The van der Waals surface area contributed by atoms with E-state index in [2.05, 4.69) is 5.32 Å². The first-order valence-corrected chi connectivity index (χ1v) is 2.87. The fraction of sp³-hybridized carbons (Fsp3) is 1.00. The lowest BCUT2D eigenvalue weighted by Crippen LogP contribution is -2.17. The number of hydrogen-bond acceptors (Lipinski definition) is 3. The molecule has 1 unspecified atom stereocenters. The third kappa shape index (κ3) is 1.43. The van der Waals surface area contributed by atoms with Gasteiger partial charge >= 0.3 is 0 Å². The molecule has 0 aliphatic carbocycles. The van der Waals surface area contributed by atoms with E-state index in [0.717, 1.165) is 13.2 Å². The van der Waals surface area contributed by atoms with Gasteiger partial charge in [0, 0.05) is 13.2 Å². The monoisotopic (exact) mass is 117 g/mol. The third-order valence-corrected chi connectivity index (χ3v) is 1.03. The number of rotatable bonds is 2. The summed E-state index contributed by atoms with van der Waals surface area (Å²) in [4.78, 5) is 0. The summed E-state index contributed by atoms with van der Waals surface area (Å²) >= 11 is 0. The van der Waals surface area contributed by atoms with E-state index in [9.17, 15) is 0 Å². The summed E-state index contributed by atoms with van der Waals surface area (Å²) in [5.41, 5.74) is 0. The molecular weight excluding hydrogens is 106 g/mol. The van der Waals surface area contributed by atoms with Crippen molar-refractivity contribution in [3.8, 4) is 0 Å². The molecule has 1 saturated heterocycles. The zero-order valence-electron chi connectivity index (χ0n) is 5.02. The fourth-order valence-electron chi connectivity index (χ4n) is 0.681. The molecule has 1 aliphatic heterocycles. The highest BCUT2D eigenvalue weighted by Crippen LogP contribution is 1.96. The van der Waals surface area contributed by atoms with E-state index in [4.69, 9.17) is 9.47 Å². The molecule has 0 bridgehead atoms. The molecule has 0 radical (unpaired) electrons. The van der Waals surface area contributed by atoms with Crippen molar-refractivity contribution in [2.45, 2.75) is 13.2 Å². The van der Waals surface area contributed by atoms with Gasteiger partial charge in [0.05, 0.1) is 6.73 Å². The summed E-state index contributed by atoms with van der Waals surface area (Å²) in [6.45, 7) is 4.15. The van der Waals surface area contributed by atoms with Crippen molar-refractivity contribution in [1.29, 1.82) is 0 Å². The minimum atomic E-state index is -0.000000000000000222. The lowest BCUT2D eigenvalue weighted by molar-refractivity contribution is -0.0997. The number of hydrogen-bond donors (Lipinski definition) is 1. The van der Waals surface area contributed by atoms with Crippen molar-refractivity contribution in [2.24, 2.45) is 0 Å². The van der Waals surface area contributed by atoms with Crippen LogP contribution in [0.5, 0.6) is 0 Å². The van der Waals surface area contributed by atoms with Gasteiger partial charge in [-0.25, -0.2) is 0 Å². The molecule has 1 rings (SSSR count). The van der Waals surface area contributed by atoms with Crippen LogP contribution in [0, 0.1) is 0 Å². The van der Waals surface area contributed by atoms with E-state index in [0.29, 0.717) is 6.73 Å². The van der Waals surface area contributed by atoms with Gasteiger partial charge in [0.2, 0.25) is 0 Å². The first-order chi connectivity index (χ1) is 3.93. The Kier molecular flexibility index (Phi) is 2.27. The van der Waals surface area contributed by atoms with Gasteiger partial charge in [-0.15, -0.1) is 0 Å². The largest absolute Gasteiger partial charge is 0.352 e. The lowest BCUT2D eigenvalue weighted by atomic mass is 10.6. The van der Waals surface area contributed by atoms with Crippen LogP contribution in [0.25, 0.3) is 0 Å². The van der Waals surface area contributed by atoms with Gasteiger partial charge in [0.25, 0.3) is 0 Å². The highest BCUT2D eigenvalue weighted by atomic mass is 16.7. The van der Waals surface area contributed by atoms with Gasteiger partial charge in [-0.3, -0.25) is 5.32 Å². The molecule has 0 amide bonds. The van der Waals surface area contributed by atoms with Crippen LogP contribution in [-0.4, -0.2) is 26.2 Å². The third-order valence-electron chi connectivity index (χ3n) is 1.03. The average Bonchev–Trinajstić information content (AvgIpc) is 2.19. The van der Waals surface area contributed by atoms with Gasteiger partial charge in [0.1, 0.15) is 0 Å². The van der Waals surface area contributed by atoms with Crippen molar-refractivity contribution in [3.63, 3.8) is 0 Å². The minimum absolute atomic E-state index is 0.000000000000000222. The summed E-state index contributed by atoms with van der Waals surface area (Å²) in [6, 6.07) is 0. The normalized spacial score (nSPS) is 28.9. The Bertz CT molecular complexity index is 61.4. The van der Waals surface area contributed by atoms with E-state index in [1.54, 1.807) is 0 Å². The predicted octanol–water partition coefficient (Wildman–Crippen LogP) is -0.0737. The highest BCUT2D eigenvalue weighted by Gasteiger charge is 2.12.